The van der Waals surface area contributed by atoms with E-state index in [0.29, 0.717) is 12.0 Å². The number of hydrogen-bond donors (Lipinski definition) is 3. The first-order chi connectivity index (χ1) is 3.83. The summed E-state index contributed by atoms with van der Waals surface area (Å²) in [5.41, 5.74) is 2.43. The molecule has 8 heavy (non-hydrogen) atoms. The Morgan fingerprint density at radius 1 is 2.00 bits per heavy atom. The summed E-state index contributed by atoms with van der Waals surface area (Å²) in [6.07, 6.45) is 0. The van der Waals surface area contributed by atoms with Crippen LogP contribution in [-0.4, -0.2) is 18.5 Å². The van der Waals surface area contributed by atoms with Crippen molar-refractivity contribution in [1.82, 2.24) is 10.7 Å². The summed E-state index contributed by atoms with van der Waals surface area (Å²) in [5, 5.41) is 3.02. The molecule has 0 amide bonds. The molecule has 1 atom stereocenters. The third kappa shape index (κ3) is 0.894. The van der Waals surface area contributed by atoms with Crippen LogP contribution in [-0.2, 0) is 0 Å². The smallest absolute Gasteiger partial charge is 0.206 e. The lowest BCUT2D eigenvalue weighted by molar-refractivity contribution is 0.716. The second kappa shape index (κ2) is 2.00. The largest absolute Gasteiger partial charge is 0.351 e. The first kappa shape index (κ1) is 5.37. The number of nitrogens with zero attached hydrogens (tertiary/aromatic N) is 1. The van der Waals surface area contributed by atoms with E-state index in [4.69, 9.17) is 5.84 Å². The average Bonchev–Trinajstić information content (AvgIpc) is 2.14. The quantitative estimate of drug-likeness (QED) is 0.274. The van der Waals surface area contributed by atoms with Crippen LogP contribution in [0, 0.1) is 0 Å². The van der Waals surface area contributed by atoms with Gasteiger partial charge < -0.3 is 5.32 Å². The van der Waals surface area contributed by atoms with Gasteiger partial charge in [0.1, 0.15) is 0 Å². The summed E-state index contributed by atoms with van der Waals surface area (Å²) in [6.45, 7) is 2.87. The van der Waals surface area contributed by atoms with Crippen molar-refractivity contribution in [2.45, 2.75) is 13.0 Å². The molecule has 4 N–H and O–H groups in total. The van der Waals surface area contributed by atoms with Gasteiger partial charge in [-0.25, -0.2) is 5.84 Å². The standard InChI is InChI=1S/C4H10N4/c1-3-2-6-4(7-3)8-5/h3H,2,5H2,1H3,(H2,6,7,8). The van der Waals surface area contributed by atoms with Crippen LogP contribution >= 0.6 is 0 Å². The summed E-state index contributed by atoms with van der Waals surface area (Å²) in [5.74, 6) is 5.74. The maximum absolute atomic E-state index is 5.05. The summed E-state index contributed by atoms with van der Waals surface area (Å²) >= 11 is 0. The van der Waals surface area contributed by atoms with Crippen molar-refractivity contribution in [2.75, 3.05) is 6.54 Å². The van der Waals surface area contributed by atoms with Gasteiger partial charge in [0.2, 0.25) is 5.96 Å². The number of guanidine groups is 1. The molecule has 0 saturated heterocycles. The Hall–Kier alpha value is -0.770. The van der Waals surface area contributed by atoms with Crippen molar-refractivity contribution in [3.8, 4) is 0 Å². The van der Waals surface area contributed by atoms with Gasteiger partial charge in [-0.3, -0.25) is 10.4 Å². The highest BCUT2D eigenvalue weighted by Gasteiger charge is 2.09. The lowest BCUT2D eigenvalue weighted by atomic mass is 10.4. The Morgan fingerprint density at radius 2 is 2.75 bits per heavy atom. The molecule has 1 aliphatic rings. The van der Waals surface area contributed by atoms with Crippen LogP contribution in [0.5, 0.6) is 0 Å². The molecule has 0 fully saturated rings. The van der Waals surface area contributed by atoms with Gasteiger partial charge in [-0.15, -0.1) is 0 Å². The maximum Gasteiger partial charge on any atom is 0.206 e. The molecule has 0 aromatic rings. The third-order valence-corrected chi connectivity index (χ3v) is 1.04. The predicted molar refractivity (Wildman–Crippen MR) is 32.2 cm³/mol. The number of hydrazine groups is 1. The minimum absolute atomic E-state index is 0.432. The molecule has 46 valence electrons. The van der Waals surface area contributed by atoms with Gasteiger partial charge in [0.05, 0.1) is 6.54 Å². The Labute approximate surface area is 48.1 Å². The molecule has 1 unspecified atom stereocenters. The van der Waals surface area contributed by atoms with Crippen molar-refractivity contribution < 1.29 is 0 Å². The maximum atomic E-state index is 5.05. The van der Waals surface area contributed by atoms with E-state index in [1.807, 2.05) is 6.92 Å². The molecule has 4 nitrogen and oxygen atoms in total. The fraction of sp³-hybridized carbons (Fsp3) is 0.750. The van der Waals surface area contributed by atoms with E-state index in [1.165, 1.54) is 0 Å². The Bertz CT molecular complexity index is 109. The molecule has 0 radical (unpaired) electrons. The van der Waals surface area contributed by atoms with Crippen molar-refractivity contribution in [1.29, 1.82) is 0 Å². The molecule has 1 heterocycles. The van der Waals surface area contributed by atoms with Crippen LogP contribution in [0.3, 0.4) is 0 Å². The summed E-state index contributed by atoms with van der Waals surface area (Å²) in [4.78, 5) is 4.00. The zero-order valence-corrected chi connectivity index (χ0v) is 4.81. The van der Waals surface area contributed by atoms with Gasteiger partial charge in [-0.2, -0.15) is 0 Å². The lowest BCUT2D eigenvalue weighted by Gasteiger charge is -2.02. The highest BCUT2D eigenvalue weighted by atomic mass is 15.4. The number of nitrogens with one attached hydrogen (secondary N) is 2. The zero-order chi connectivity index (χ0) is 5.98. The molecule has 4 heteroatoms. The molecule has 0 bridgehead atoms. The van der Waals surface area contributed by atoms with Gasteiger partial charge in [0.15, 0.2) is 0 Å². The summed E-state index contributed by atoms with van der Waals surface area (Å²) in [7, 11) is 0. The van der Waals surface area contributed by atoms with E-state index in [1.54, 1.807) is 0 Å². The van der Waals surface area contributed by atoms with Crippen molar-refractivity contribution in [3.05, 3.63) is 0 Å². The van der Waals surface area contributed by atoms with E-state index in [9.17, 15) is 0 Å². The first-order valence-electron chi connectivity index (χ1n) is 2.60. The van der Waals surface area contributed by atoms with Crippen molar-refractivity contribution >= 4 is 5.96 Å². The van der Waals surface area contributed by atoms with E-state index in [0.717, 1.165) is 6.54 Å². The number of hydrogen-bond acceptors (Lipinski definition) is 4. The van der Waals surface area contributed by atoms with Gasteiger partial charge in [0.25, 0.3) is 0 Å². The second-order valence-corrected chi connectivity index (χ2v) is 1.88. The normalized spacial score (nSPS) is 26.8. The summed E-state index contributed by atoms with van der Waals surface area (Å²) < 4.78 is 0. The van der Waals surface area contributed by atoms with Gasteiger partial charge in [-0.1, -0.05) is 0 Å². The Kier molecular flexibility index (Phi) is 1.34. The fourth-order valence-corrected chi connectivity index (χ4v) is 0.640. The minimum atomic E-state index is 0.432. The third-order valence-electron chi connectivity index (χ3n) is 1.04. The van der Waals surface area contributed by atoms with Gasteiger partial charge in [-0.05, 0) is 6.92 Å². The molecule has 0 spiro atoms. The molecule has 0 saturated carbocycles. The van der Waals surface area contributed by atoms with Crippen LogP contribution in [0.4, 0.5) is 0 Å². The Balaban J connectivity index is 2.37. The molecule has 0 aromatic carbocycles. The lowest BCUT2D eigenvalue weighted by Crippen LogP contribution is -2.41. The topological polar surface area (TPSA) is 62.4 Å². The van der Waals surface area contributed by atoms with Crippen molar-refractivity contribution in [3.63, 3.8) is 0 Å². The zero-order valence-electron chi connectivity index (χ0n) is 4.81. The van der Waals surface area contributed by atoms with E-state index in [-0.39, 0.29) is 0 Å². The van der Waals surface area contributed by atoms with Gasteiger partial charge in [0, 0.05) is 6.04 Å². The van der Waals surface area contributed by atoms with Crippen molar-refractivity contribution in [2.24, 2.45) is 10.8 Å². The van der Waals surface area contributed by atoms with E-state index < -0.39 is 0 Å². The van der Waals surface area contributed by atoms with Gasteiger partial charge >= 0.3 is 0 Å². The first-order valence-corrected chi connectivity index (χ1v) is 2.60. The van der Waals surface area contributed by atoms with Crippen LogP contribution in [0.25, 0.3) is 0 Å². The van der Waals surface area contributed by atoms with E-state index >= 15 is 0 Å². The average molecular weight is 114 g/mol. The van der Waals surface area contributed by atoms with Crippen LogP contribution < -0.4 is 16.6 Å². The van der Waals surface area contributed by atoms with Crippen LogP contribution in [0.2, 0.25) is 0 Å². The van der Waals surface area contributed by atoms with E-state index in [2.05, 4.69) is 15.7 Å². The molecule has 0 aromatic heterocycles. The highest BCUT2D eigenvalue weighted by molar-refractivity contribution is 5.80. The fourth-order valence-electron chi connectivity index (χ4n) is 0.640. The molecular formula is C4H10N4. The number of rotatable bonds is 0. The number of nitrogens with two attached hydrogens (primary N) is 1. The minimum Gasteiger partial charge on any atom is -0.351 e. The Morgan fingerprint density at radius 3 is 3.00 bits per heavy atom. The second-order valence-electron chi connectivity index (χ2n) is 1.88. The molecular weight excluding hydrogens is 104 g/mol. The predicted octanol–water partition coefficient (Wildman–Crippen LogP) is -1.20. The molecule has 1 aliphatic heterocycles. The highest BCUT2D eigenvalue weighted by Crippen LogP contribution is 1.89. The van der Waals surface area contributed by atoms with Crippen LogP contribution in [0.15, 0.2) is 4.99 Å². The molecule has 0 aliphatic carbocycles. The number of aliphatic imine (C=N–C) groups is 1. The monoisotopic (exact) mass is 114 g/mol. The van der Waals surface area contributed by atoms with Crippen LogP contribution in [0.1, 0.15) is 6.92 Å². The SMILES string of the molecule is CC1CN=C(NN)N1. The summed E-state index contributed by atoms with van der Waals surface area (Å²) in [6, 6.07) is 0.432. The molecule has 1 rings (SSSR count).